The molecule has 0 aliphatic carbocycles. The van der Waals surface area contributed by atoms with Crippen LogP contribution in [0.4, 0.5) is 0 Å². The van der Waals surface area contributed by atoms with Crippen LogP contribution in [0, 0.1) is 11.8 Å². The molecule has 0 heterocycles. The van der Waals surface area contributed by atoms with Crippen molar-refractivity contribution < 1.29 is 0 Å². The van der Waals surface area contributed by atoms with E-state index in [-0.39, 0.29) is 0 Å². The Morgan fingerprint density at radius 1 is 0.778 bits per heavy atom. The summed E-state index contributed by atoms with van der Waals surface area (Å²) in [5.74, 6) is 1.66. The molecule has 0 unspecified atom stereocenters. The molecule has 0 amide bonds. The zero-order chi connectivity index (χ0) is 13.8. The Labute approximate surface area is 116 Å². The SMILES string of the molecule is CNCCCCCN(CCC(C)C)CCC(C)C. The van der Waals surface area contributed by atoms with Crippen molar-refractivity contribution in [2.45, 2.75) is 59.8 Å². The van der Waals surface area contributed by atoms with Crippen LogP contribution in [0.3, 0.4) is 0 Å². The van der Waals surface area contributed by atoms with E-state index in [2.05, 4.69) is 37.9 Å². The molecule has 0 bridgehead atoms. The normalized spacial score (nSPS) is 12.0. The lowest BCUT2D eigenvalue weighted by atomic mass is 10.1. The summed E-state index contributed by atoms with van der Waals surface area (Å²) < 4.78 is 0. The average Bonchev–Trinajstić information content (AvgIpc) is 2.30. The van der Waals surface area contributed by atoms with Gasteiger partial charge in [-0.05, 0) is 70.7 Å². The molecule has 0 saturated carbocycles. The van der Waals surface area contributed by atoms with Crippen LogP contribution in [0.2, 0.25) is 0 Å². The number of hydrogen-bond acceptors (Lipinski definition) is 2. The highest BCUT2D eigenvalue weighted by molar-refractivity contribution is 4.61. The van der Waals surface area contributed by atoms with Gasteiger partial charge in [-0.1, -0.05) is 34.1 Å². The Morgan fingerprint density at radius 2 is 1.33 bits per heavy atom. The van der Waals surface area contributed by atoms with E-state index in [1.54, 1.807) is 0 Å². The van der Waals surface area contributed by atoms with Crippen LogP contribution in [0.25, 0.3) is 0 Å². The largest absolute Gasteiger partial charge is 0.320 e. The van der Waals surface area contributed by atoms with Gasteiger partial charge in [-0.25, -0.2) is 0 Å². The molecule has 0 aliphatic heterocycles. The van der Waals surface area contributed by atoms with Gasteiger partial charge in [-0.15, -0.1) is 0 Å². The molecule has 110 valence electrons. The Kier molecular flexibility index (Phi) is 11.9. The van der Waals surface area contributed by atoms with Gasteiger partial charge in [0.25, 0.3) is 0 Å². The van der Waals surface area contributed by atoms with E-state index in [0.29, 0.717) is 0 Å². The Morgan fingerprint density at radius 3 is 1.78 bits per heavy atom. The highest BCUT2D eigenvalue weighted by atomic mass is 15.1. The second-order valence-electron chi connectivity index (χ2n) is 6.37. The molecule has 0 atom stereocenters. The summed E-state index contributed by atoms with van der Waals surface area (Å²) in [4.78, 5) is 2.68. The van der Waals surface area contributed by atoms with Crippen molar-refractivity contribution in [1.82, 2.24) is 10.2 Å². The maximum absolute atomic E-state index is 3.22. The van der Waals surface area contributed by atoms with Crippen molar-refractivity contribution in [3.05, 3.63) is 0 Å². The van der Waals surface area contributed by atoms with Crippen molar-refractivity contribution in [2.24, 2.45) is 11.8 Å². The van der Waals surface area contributed by atoms with Crippen molar-refractivity contribution in [2.75, 3.05) is 33.2 Å². The first-order valence-corrected chi connectivity index (χ1v) is 7.93. The Bertz CT molecular complexity index is 154. The first-order chi connectivity index (χ1) is 8.56. The van der Waals surface area contributed by atoms with Crippen molar-refractivity contribution >= 4 is 0 Å². The second-order valence-corrected chi connectivity index (χ2v) is 6.37. The van der Waals surface area contributed by atoms with Crippen LogP contribution >= 0.6 is 0 Å². The van der Waals surface area contributed by atoms with E-state index in [0.717, 1.165) is 18.4 Å². The lowest BCUT2D eigenvalue weighted by Crippen LogP contribution is -2.29. The van der Waals surface area contributed by atoms with Crippen LogP contribution in [0.5, 0.6) is 0 Å². The molecule has 0 aliphatic rings. The van der Waals surface area contributed by atoms with E-state index in [1.165, 1.54) is 51.7 Å². The summed E-state index contributed by atoms with van der Waals surface area (Å²) in [5.41, 5.74) is 0. The monoisotopic (exact) mass is 256 g/mol. The molecule has 0 spiro atoms. The molecular weight excluding hydrogens is 220 g/mol. The Balaban J connectivity index is 3.74. The first kappa shape index (κ1) is 17.9. The van der Waals surface area contributed by atoms with Crippen LogP contribution in [-0.4, -0.2) is 38.1 Å². The maximum Gasteiger partial charge on any atom is -0.00163 e. The molecule has 0 rings (SSSR count). The molecule has 2 heteroatoms. The zero-order valence-electron chi connectivity index (χ0n) is 13.5. The first-order valence-electron chi connectivity index (χ1n) is 7.93. The van der Waals surface area contributed by atoms with Crippen molar-refractivity contribution in [3.8, 4) is 0 Å². The number of nitrogens with zero attached hydrogens (tertiary/aromatic N) is 1. The highest BCUT2D eigenvalue weighted by Gasteiger charge is 2.07. The van der Waals surface area contributed by atoms with Crippen molar-refractivity contribution in [1.29, 1.82) is 0 Å². The minimum absolute atomic E-state index is 0.829. The molecule has 0 aromatic heterocycles. The van der Waals surface area contributed by atoms with E-state index in [1.807, 2.05) is 7.05 Å². The summed E-state index contributed by atoms with van der Waals surface area (Å²) in [7, 11) is 2.04. The molecule has 0 aromatic rings. The van der Waals surface area contributed by atoms with E-state index in [9.17, 15) is 0 Å². The molecular formula is C16H36N2. The third kappa shape index (κ3) is 12.4. The quantitative estimate of drug-likeness (QED) is 0.535. The topological polar surface area (TPSA) is 15.3 Å². The highest BCUT2D eigenvalue weighted by Crippen LogP contribution is 2.08. The molecule has 18 heavy (non-hydrogen) atoms. The third-order valence-corrected chi connectivity index (χ3v) is 3.45. The second kappa shape index (κ2) is 12.0. The number of unbranched alkanes of at least 4 members (excludes halogenated alkanes) is 2. The van der Waals surface area contributed by atoms with Gasteiger partial charge in [-0.3, -0.25) is 0 Å². The van der Waals surface area contributed by atoms with E-state index in [4.69, 9.17) is 0 Å². The molecule has 0 radical (unpaired) electrons. The molecule has 0 saturated heterocycles. The number of hydrogen-bond donors (Lipinski definition) is 1. The van der Waals surface area contributed by atoms with Gasteiger partial charge in [0.15, 0.2) is 0 Å². The van der Waals surface area contributed by atoms with Crippen LogP contribution in [0.1, 0.15) is 59.8 Å². The number of rotatable bonds is 12. The summed E-state index contributed by atoms with van der Waals surface area (Å²) in [5, 5.41) is 3.22. The van der Waals surface area contributed by atoms with Crippen molar-refractivity contribution in [3.63, 3.8) is 0 Å². The lowest BCUT2D eigenvalue weighted by Gasteiger charge is -2.24. The van der Waals surface area contributed by atoms with Gasteiger partial charge in [0.2, 0.25) is 0 Å². The summed E-state index contributed by atoms with van der Waals surface area (Å²) >= 11 is 0. The Hall–Kier alpha value is -0.0800. The number of nitrogens with one attached hydrogen (secondary N) is 1. The van der Waals surface area contributed by atoms with Gasteiger partial charge in [0, 0.05) is 0 Å². The van der Waals surface area contributed by atoms with Crippen LogP contribution < -0.4 is 5.32 Å². The van der Waals surface area contributed by atoms with Gasteiger partial charge in [0.1, 0.15) is 0 Å². The van der Waals surface area contributed by atoms with Gasteiger partial charge >= 0.3 is 0 Å². The third-order valence-electron chi connectivity index (χ3n) is 3.45. The summed E-state index contributed by atoms with van der Waals surface area (Å²) in [6, 6.07) is 0. The smallest absolute Gasteiger partial charge is 0.00163 e. The summed E-state index contributed by atoms with van der Waals surface area (Å²) in [6.45, 7) is 14.3. The molecule has 1 N–H and O–H groups in total. The predicted molar refractivity (Wildman–Crippen MR) is 83.1 cm³/mol. The molecule has 0 fully saturated rings. The van der Waals surface area contributed by atoms with Crippen LogP contribution in [0.15, 0.2) is 0 Å². The van der Waals surface area contributed by atoms with Gasteiger partial charge in [0.05, 0.1) is 0 Å². The fraction of sp³-hybridized carbons (Fsp3) is 1.00. The fourth-order valence-electron chi connectivity index (χ4n) is 2.03. The van der Waals surface area contributed by atoms with E-state index >= 15 is 0 Å². The average molecular weight is 256 g/mol. The summed E-state index contributed by atoms with van der Waals surface area (Å²) in [6.07, 6.45) is 6.72. The standard InChI is InChI=1S/C16H36N2/c1-15(2)9-13-18(14-10-16(3)4)12-8-6-7-11-17-5/h15-17H,6-14H2,1-5H3. The predicted octanol–water partition coefficient (Wildman–Crippen LogP) is 3.77. The molecule has 0 aromatic carbocycles. The minimum atomic E-state index is 0.829. The lowest BCUT2D eigenvalue weighted by molar-refractivity contribution is 0.238. The minimum Gasteiger partial charge on any atom is -0.320 e. The zero-order valence-corrected chi connectivity index (χ0v) is 13.5. The maximum atomic E-state index is 3.22. The van der Waals surface area contributed by atoms with Gasteiger partial charge in [-0.2, -0.15) is 0 Å². The van der Waals surface area contributed by atoms with E-state index < -0.39 is 0 Å². The molecule has 2 nitrogen and oxygen atoms in total. The fourth-order valence-corrected chi connectivity index (χ4v) is 2.03. The van der Waals surface area contributed by atoms with Gasteiger partial charge < -0.3 is 10.2 Å². The van der Waals surface area contributed by atoms with Crippen LogP contribution in [-0.2, 0) is 0 Å².